The Morgan fingerprint density at radius 3 is 2.45 bits per heavy atom. The van der Waals surface area contributed by atoms with Crippen molar-refractivity contribution in [2.24, 2.45) is 5.16 Å². The van der Waals surface area contributed by atoms with Crippen molar-refractivity contribution < 1.29 is 28.3 Å². The van der Waals surface area contributed by atoms with Crippen molar-refractivity contribution in [2.45, 2.75) is 23.5 Å². The molecule has 0 aliphatic carbocycles. The van der Waals surface area contributed by atoms with Crippen molar-refractivity contribution in [2.75, 3.05) is 26.8 Å². The molecule has 0 spiro atoms. The van der Waals surface area contributed by atoms with Gasteiger partial charge in [0.1, 0.15) is 13.2 Å². The number of rotatable bonds is 8. The molecule has 1 aliphatic heterocycles. The van der Waals surface area contributed by atoms with Gasteiger partial charge < -0.3 is 20.4 Å². The van der Waals surface area contributed by atoms with E-state index in [4.69, 9.17) is 9.94 Å². The summed E-state index contributed by atoms with van der Waals surface area (Å²) < 4.78 is 27.7. The molecule has 1 saturated heterocycles. The van der Waals surface area contributed by atoms with Gasteiger partial charge in [0.05, 0.1) is 29.9 Å². The topological polar surface area (TPSA) is 129 Å². The van der Waals surface area contributed by atoms with Crippen LogP contribution < -0.4 is 5.32 Å². The lowest BCUT2D eigenvalue weighted by molar-refractivity contribution is -0.124. The summed E-state index contributed by atoms with van der Waals surface area (Å²) in [4.78, 5) is 17.5. The Kier molecular flexibility index (Phi) is 7.39. The van der Waals surface area contributed by atoms with Crippen LogP contribution in [0.2, 0.25) is 0 Å². The number of aliphatic hydroxyl groups excluding tert-OH is 2. The molecular formula is C21H25N3O6S. The molecule has 1 amide bonds. The van der Waals surface area contributed by atoms with Crippen LogP contribution in [0.3, 0.4) is 0 Å². The second-order valence-corrected chi connectivity index (χ2v) is 8.97. The lowest BCUT2D eigenvalue weighted by atomic mass is 10.1. The second kappa shape index (κ2) is 10.0. The number of aliphatic hydroxyl groups is 2. The average Bonchev–Trinajstić information content (AvgIpc) is 3.23. The first-order valence-corrected chi connectivity index (χ1v) is 11.1. The molecule has 0 bridgehead atoms. The van der Waals surface area contributed by atoms with E-state index in [0.717, 1.165) is 15.4 Å². The van der Waals surface area contributed by atoms with Crippen molar-refractivity contribution in [1.82, 2.24) is 9.62 Å². The number of nitrogens with zero attached hydrogens (tertiary/aromatic N) is 2. The summed E-state index contributed by atoms with van der Waals surface area (Å²) >= 11 is 0. The third-order valence-corrected chi connectivity index (χ3v) is 6.80. The van der Waals surface area contributed by atoms with Crippen LogP contribution in [0.4, 0.5) is 0 Å². The van der Waals surface area contributed by atoms with Crippen LogP contribution in [0.25, 0.3) is 11.1 Å². The van der Waals surface area contributed by atoms with Gasteiger partial charge in [-0.2, -0.15) is 4.31 Å². The van der Waals surface area contributed by atoms with Crippen molar-refractivity contribution in [1.29, 1.82) is 0 Å². The lowest BCUT2D eigenvalue weighted by Crippen LogP contribution is -2.47. The van der Waals surface area contributed by atoms with Gasteiger partial charge in [0, 0.05) is 13.0 Å². The van der Waals surface area contributed by atoms with Gasteiger partial charge in [-0.15, -0.1) is 0 Å². The van der Waals surface area contributed by atoms with Crippen LogP contribution in [0.15, 0.2) is 64.6 Å². The Labute approximate surface area is 181 Å². The predicted octanol–water partition coefficient (Wildman–Crippen LogP) is 0.588. The van der Waals surface area contributed by atoms with E-state index in [1.54, 1.807) is 12.1 Å². The standard InChI is InChI=1S/C21H25N3O6S/c1-30-23-17-11-20(21(27)22-12-18(26)14-25)24(13-17)31(28,29)19-9-7-16(8-10-19)15-5-3-2-4-6-15/h2-10,18,20,25-26H,11-14H2,1H3,(H,22,27)/t18?,20-/m0/s1. The van der Waals surface area contributed by atoms with Gasteiger partial charge in [-0.1, -0.05) is 47.6 Å². The molecule has 10 heteroatoms. The number of carbonyl (C=O) groups is 1. The first-order chi connectivity index (χ1) is 14.9. The fraction of sp³-hybridized carbons (Fsp3) is 0.333. The molecule has 0 radical (unpaired) electrons. The molecule has 2 aromatic carbocycles. The van der Waals surface area contributed by atoms with E-state index in [1.165, 1.54) is 19.2 Å². The normalized spacial score (nSPS) is 19.3. The molecule has 9 nitrogen and oxygen atoms in total. The van der Waals surface area contributed by atoms with Crippen LogP contribution >= 0.6 is 0 Å². The zero-order valence-corrected chi connectivity index (χ0v) is 17.8. The Balaban J connectivity index is 1.85. The SMILES string of the molecule is CON=C1C[C@@H](C(=O)NCC(O)CO)N(S(=O)(=O)c2ccc(-c3ccccc3)cc2)C1. The number of amides is 1. The fourth-order valence-corrected chi connectivity index (χ4v) is 4.91. The minimum Gasteiger partial charge on any atom is -0.399 e. The monoisotopic (exact) mass is 447 g/mol. The number of sulfonamides is 1. The van der Waals surface area contributed by atoms with Gasteiger partial charge >= 0.3 is 0 Å². The smallest absolute Gasteiger partial charge is 0.244 e. The highest BCUT2D eigenvalue weighted by molar-refractivity contribution is 7.89. The maximum atomic E-state index is 13.3. The van der Waals surface area contributed by atoms with Crippen LogP contribution in [0.5, 0.6) is 0 Å². The van der Waals surface area contributed by atoms with Gasteiger partial charge in [0.2, 0.25) is 15.9 Å². The van der Waals surface area contributed by atoms with Gasteiger partial charge in [-0.05, 0) is 23.3 Å². The summed E-state index contributed by atoms with van der Waals surface area (Å²) in [6.07, 6.45) is -1.07. The van der Waals surface area contributed by atoms with Gasteiger partial charge in [-0.25, -0.2) is 8.42 Å². The molecule has 1 fully saturated rings. The predicted molar refractivity (Wildman–Crippen MR) is 115 cm³/mol. The number of benzene rings is 2. The summed E-state index contributed by atoms with van der Waals surface area (Å²) in [5.74, 6) is -0.585. The van der Waals surface area contributed by atoms with Crippen LogP contribution in [0.1, 0.15) is 6.42 Å². The van der Waals surface area contributed by atoms with E-state index in [1.807, 2.05) is 30.3 Å². The molecule has 3 N–H and O–H groups in total. The Morgan fingerprint density at radius 2 is 1.84 bits per heavy atom. The maximum absolute atomic E-state index is 13.3. The molecule has 166 valence electrons. The van der Waals surface area contributed by atoms with Crippen LogP contribution in [-0.4, -0.2) is 73.5 Å². The quantitative estimate of drug-likeness (QED) is 0.508. The highest BCUT2D eigenvalue weighted by atomic mass is 32.2. The molecular weight excluding hydrogens is 422 g/mol. The summed E-state index contributed by atoms with van der Waals surface area (Å²) in [5.41, 5.74) is 2.24. The van der Waals surface area contributed by atoms with E-state index in [9.17, 15) is 18.3 Å². The van der Waals surface area contributed by atoms with E-state index in [2.05, 4.69) is 10.5 Å². The third kappa shape index (κ3) is 5.28. The Bertz CT molecular complexity index is 1020. The number of hydrogen-bond donors (Lipinski definition) is 3. The van der Waals surface area contributed by atoms with Crippen LogP contribution in [0, 0.1) is 0 Å². The summed E-state index contributed by atoms with van der Waals surface area (Å²) in [6.45, 7) is -0.795. The van der Waals surface area contributed by atoms with E-state index in [-0.39, 0.29) is 24.4 Å². The largest absolute Gasteiger partial charge is 0.399 e. The molecule has 3 rings (SSSR count). The first-order valence-electron chi connectivity index (χ1n) is 9.69. The van der Waals surface area contributed by atoms with E-state index >= 15 is 0 Å². The maximum Gasteiger partial charge on any atom is 0.244 e. The fourth-order valence-electron chi connectivity index (χ4n) is 3.34. The number of hydrogen-bond acceptors (Lipinski definition) is 7. The van der Waals surface area contributed by atoms with Crippen molar-refractivity contribution in [3.63, 3.8) is 0 Å². The van der Waals surface area contributed by atoms with Crippen LogP contribution in [-0.2, 0) is 19.7 Å². The molecule has 1 unspecified atom stereocenters. The second-order valence-electron chi connectivity index (χ2n) is 7.08. The minimum absolute atomic E-state index is 0.0547. The zero-order chi connectivity index (χ0) is 22.4. The molecule has 2 aromatic rings. The molecule has 1 heterocycles. The zero-order valence-electron chi connectivity index (χ0n) is 17.0. The average molecular weight is 448 g/mol. The van der Waals surface area contributed by atoms with Crippen molar-refractivity contribution in [3.05, 3.63) is 54.6 Å². The number of carbonyl (C=O) groups excluding carboxylic acids is 1. The third-order valence-electron chi connectivity index (χ3n) is 4.93. The number of nitrogens with one attached hydrogen (secondary N) is 1. The summed E-state index contributed by atoms with van der Waals surface area (Å²) in [6, 6.07) is 15.0. The molecule has 0 aromatic heterocycles. The van der Waals surface area contributed by atoms with E-state index < -0.39 is 34.7 Å². The highest BCUT2D eigenvalue weighted by Crippen LogP contribution is 2.27. The Morgan fingerprint density at radius 1 is 1.19 bits per heavy atom. The van der Waals surface area contributed by atoms with Gasteiger partial charge in [0.15, 0.2) is 0 Å². The first kappa shape index (κ1) is 22.9. The van der Waals surface area contributed by atoms with Crippen molar-refractivity contribution >= 4 is 21.6 Å². The van der Waals surface area contributed by atoms with Gasteiger partial charge in [-0.3, -0.25) is 4.79 Å². The molecule has 31 heavy (non-hydrogen) atoms. The molecule has 2 atom stereocenters. The number of oxime groups is 1. The molecule has 1 aliphatic rings. The summed E-state index contributed by atoms with van der Waals surface area (Å²) in [7, 11) is -2.66. The minimum atomic E-state index is -4.00. The Hall–Kier alpha value is -2.79. The summed E-state index contributed by atoms with van der Waals surface area (Å²) in [5, 5.41) is 24.7. The van der Waals surface area contributed by atoms with Gasteiger partial charge in [0.25, 0.3) is 0 Å². The molecule has 0 saturated carbocycles. The lowest BCUT2D eigenvalue weighted by Gasteiger charge is -2.23. The highest BCUT2D eigenvalue weighted by Gasteiger charge is 2.42. The van der Waals surface area contributed by atoms with E-state index in [0.29, 0.717) is 5.71 Å². The van der Waals surface area contributed by atoms with Crippen molar-refractivity contribution in [3.8, 4) is 11.1 Å².